The van der Waals surface area contributed by atoms with Crippen molar-refractivity contribution in [2.45, 2.75) is 39.4 Å². The minimum absolute atomic E-state index is 0.123. The van der Waals surface area contributed by atoms with Crippen molar-refractivity contribution in [3.8, 4) is 11.3 Å². The van der Waals surface area contributed by atoms with Gasteiger partial charge in [-0.1, -0.05) is 30.3 Å². The summed E-state index contributed by atoms with van der Waals surface area (Å²) in [4.78, 5) is 17.2. The Morgan fingerprint density at radius 1 is 1.19 bits per heavy atom. The number of rotatable bonds is 7. The highest BCUT2D eigenvalue weighted by Gasteiger charge is 2.22. The summed E-state index contributed by atoms with van der Waals surface area (Å²) < 4.78 is 30.8. The van der Waals surface area contributed by atoms with Crippen molar-refractivity contribution in [1.82, 2.24) is 29.9 Å². The molecule has 0 aliphatic carbocycles. The van der Waals surface area contributed by atoms with Gasteiger partial charge in [-0.15, -0.1) is 0 Å². The molecular formula is C22H22F2N6O. The lowest BCUT2D eigenvalue weighted by Gasteiger charge is -2.14. The van der Waals surface area contributed by atoms with E-state index in [2.05, 4.69) is 20.5 Å². The first-order chi connectivity index (χ1) is 14.9. The number of fused-ring (bicyclic) bond motifs is 1. The highest BCUT2D eigenvalue weighted by atomic mass is 19.3. The standard InChI is InChI=1S/C22H22F2N6O/c1-14(12-29-10-6-9-25-29)26-19(31)13-30-22-20(15(2)28-30)17(21(23)24)11-18(27-22)16-7-4-3-5-8-16/h3-11,14,21H,12-13H2,1-2H3,(H,26,31). The summed E-state index contributed by atoms with van der Waals surface area (Å²) in [7, 11) is 0. The van der Waals surface area contributed by atoms with Crippen molar-refractivity contribution in [3.63, 3.8) is 0 Å². The van der Waals surface area contributed by atoms with Crippen LogP contribution in [0.1, 0.15) is 24.6 Å². The second kappa shape index (κ2) is 8.63. The maximum absolute atomic E-state index is 13.8. The molecule has 4 rings (SSSR count). The number of hydrogen-bond acceptors (Lipinski definition) is 4. The number of nitrogens with one attached hydrogen (secondary N) is 1. The average Bonchev–Trinajstić information content (AvgIpc) is 3.35. The van der Waals surface area contributed by atoms with E-state index in [4.69, 9.17) is 0 Å². The Bertz CT molecular complexity index is 1190. The van der Waals surface area contributed by atoms with E-state index in [1.807, 2.05) is 37.4 Å². The molecule has 4 aromatic rings. The van der Waals surface area contributed by atoms with Crippen molar-refractivity contribution in [1.29, 1.82) is 0 Å². The fourth-order valence-corrected chi connectivity index (χ4v) is 3.62. The molecule has 1 amide bonds. The quantitative estimate of drug-likeness (QED) is 0.490. The summed E-state index contributed by atoms with van der Waals surface area (Å²) in [6, 6.07) is 12.1. The van der Waals surface area contributed by atoms with Gasteiger partial charge < -0.3 is 5.32 Å². The molecule has 3 aromatic heterocycles. The van der Waals surface area contributed by atoms with E-state index in [0.29, 0.717) is 23.5 Å². The highest BCUT2D eigenvalue weighted by Crippen LogP contribution is 2.32. The molecule has 1 N–H and O–H groups in total. The van der Waals surface area contributed by atoms with E-state index >= 15 is 0 Å². The fraction of sp³-hybridized carbons (Fsp3) is 0.273. The van der Waals surface area contributed by atoms with Crippen LogP contribution in [-0.2, 0) is 17.9 Å². The largest absolute Gasteiger partial charge is 0.350 e. The molecule has 0 spiro atoms. The van der Waals surface area contributed by atoms with Crippen molar-refractivity contribution in [3.05, 3.63) is 66.1 Å². The van der Waals surface area contributed by atoms with Crippen LogP contribution in [0.4, 0.5) is 8.78 Å². The second-order valence-corrected chi connectivity index (χ2v) is 7.40. The number of carbonyl (C=O) groups excluding carboxylic acids is 1. The van der Waals surface area contributed by atoms with Crippen LogP contribution in [0.5, 0.6) is 0 Å². The van der Waals surface area contributed by atoms with E-state index in [-0.39, 0.29) is 35.1 Å². The van der Waals surface area contributed by atoms with Gasteiger partial charge in [-0.05, 0) is 26.0 Å². The summed E-state index contributed by atoms with van der Waals surface area (Å²) in [6.45, 7) is 3.91. The zero-order valence-corrected chi connectivity index (χ0v) is 17.2. The molecule has 0 radical (unpaired) electrons. The van der Waals surface area contributed by atoms with Crippen LogP contribution in [0.2, 0.25) is 0 Å². The third-order valence-electron chi connectivity index (χ3n) is 4.93. The molecule has 160 valence electrons. The van der Waals surface area contributed by atoms with Crippen LogP contribution in [-0.4, -0.2) is 36.5 Å². The van der Waals surface area contributed by atoms with Gasteiger partial charge in [0.15, 0.2) is 5.65 Å². The number of aromatic nitrogens is 5. The zero-order chi connectivity index (χ0) is 22.0. The molecule has 0 saturated carbocycles. The topological polar surface area (TPSA) is 77.6 Å². The first-order valence-electron chi connectivity index (χ1n) is 9.91. The molecule has 1 aromatic carbocycles. The van der Waals surface area contributed by atoms with E-state index < -0.39 is 6.43 Å². The lowest BCUT2D eigenvalue weighted by molar-refractivity contribution is -0.122. The molecule has 31 heavy (non-hydrogen) atoms. The van der Waals surface area contributed by atoms with Gasteiger partial charge >= 0.3 is 0 Å². The molecule has 0 saturated heterocycles. The summed E-state index contributed by atoms with van der Waals surface area (Å²) in [5.74, 6) is -0.283. The number of benzene rings is 1. The molecule has 3 heterocycles. The molecule has 1 atom stereocenters. The maximum Gasteiger partial charge on any atom is 0.264 e. The smallest absolute Gasteiger partial charge is 0.264 e. The van der Waals surface area contributed by atoms with E-state index in [1.165, 1.54) is 10.7 Å². The molecule has 7 nitrogen and oxygen atoms in total. The number of carbonyl (C=O) groups is 1. The van der Waals surface area contributed by atoms with Gasteiger partial charge in [-0.2, -0.15) is 10.2 Å². The number of halogens is 2. The van der Waals surface area contributed by atoms with Gasteiger partial charge in [0.05, 0.1) is 23.3 Å². The number of pyridine rings is 1. The molecule has 0 bridgehead atoms. The minimum atomic E-state index is -2.69. The number of amides is 1. The molecule has 0 aliphatic heterocycles. The third-order valence-corrected chi connectivity index (χ3v) is 4.93. The Balaban J connectivity index is 1.64. The Morgan fingerprint density at radius 2 is 1.97 bits per heavy atom. The predicted molar refractivity (Wildman–Crippen MR) is 112 cm³/mol. The van der Waals surface area contributed by atoms with Crippen LogP contribution in [0.15, 0.2) is 54.9 Å². The normalized spacial score (nSPS) is 12.4. The zero-order valence-electron chi connectivity index (χ0n) is 17.2. The second-order valence-electron chi connectivity index (χ2n) is 7.40. The Hall–Kier alpha value is -3.62. The Labute approximate surface area is 177 Å². The van der Waals surface area contributed by atoms with Gasteiger partial charge in [0, 0.05) is 29.6 Å². The SMILES string of the molecule is Cc1nn(CC(=O)NC(C)Cn2cccn2)c2nc(-c3ccccc3)cc(C(F)F)c12. The Morgan fingerprint density at radius 3 is 2.65 bits per heavy atom. The molecular weight excluding hydrogens is 402 g/mol. The number of alkyl halides is 2. The molecule has 9 heteroatoms. The number of aryl methyl sites for hydroxylation is 1. The van der Waals surface area contributed by atoms with Gasteiger partial charge in [0.2, 0.25) is 5.91 Å². The molecule has 1 unspecified atom stereocenters. The monoisotopic (exact) mass is 424 g/mol. The van der Waals surface area contributed by atoms with Crippen LogP contribution in [0.3, 0.4) is 0 Å². The summed E-state index contributed by atoms with van der Waals surface area (Å²) >= 11 is 0. The van der Waals surface area contributed by atoms with Gasteiger partial charge in [0.1, 0.15) is 6.54 Å². The van der Waals surface area contributed by atoms with E-state index in [1.54, 1.807) is 29.9 Å². The number of nitrogens with zero attached hydrogens (tertiary/aromatic N) is 5. The maximum atomic E-state index is 13.8. The summed E-state index contributed by atoms with van der Waals surface area (Å²) in [5, 5.41) is 11.6. The first-order valence-corrected chi connectivity index (χ1v) is 9.91. The summed E-state index contributed by atoms with van der Waals surface area (Å²) in [5.41, 5.74) is 1.67. The predicted octanol–water partition coefficient (Wildman–Crippen LogP) is 3.75. The summed E-state index contributed by atoms with van der Waals surface area (Å²) in [6.07, 6.45) is 0.796. The Kier molecular flexibility index (Phi) is 5.75. The van der Waals surface area contributed by atoms with E-state index in [0.717, 1.165) is 0 Å². The number of hydrogen-bond donors (Lipinski definition) is 1. The highest BCUT2D eigenvalue weighted by molar-refractivity contribution is 5.87. The van der Waals surface area contributed by atoms with Crippen LogP contribution in [0.25, 0.3) is 22.3 Å². The molecule has 0 fully saturated rings. The lowest BCUT2D eigenvalue weighted by Crippen LogP contribution is -2.38. The lowest BCUT2D eigenvalue weighted by atomic mass is 10.1. The van der Waals surface area contributed by atoms with E-state index in [9.17, 15) is 13.6 Å². The third kappa shape index (κ3) is 4.45. The van der Waals surface area contributed by atoms with Gasteiger partial charge in [-0.3, -0.25) is 9.48 Å². The first kappa shape index (κ1) is 20.6. The average molecular weight is 424 g/mol. The minimum Gasteiger partial charge on any atom is -0.350 e. The van der Waals surface area contributed by atoms with Gasteiger partial charge in [0.25, 0.3) is 6.43 Å². The van der Waals surface area contributed by atoms with Crippen molar-refractivity contribution in [2.75, 3.05) is 0 Å². The fourth-order valence-electron chi connectivity index (χ4n) is 3.62. The van der Waals surface area contributed by atoms with Crippen molar-refractivity contribution < 1.29 is 13.6 Å². The van der Waals surface area contributed by atoms with Crippen LogP contribution >= 0.6 is 0 Å². The van der Waals surface area contributed by atoms with Crippen molar-refractivity contribution >= 4 is 16.9 Å². The van der Waals surface area contributed by atoms with Crippen LogP contribution in [0, 0.1) is 6.92 Å². The van der Waals surface area contributed by atoms with Crippen molar-refractivity contribution in [2.24, 2.45) is 0 Å². The molecule has 0 aliphatic rings. The van der Waals surface area contributed by atoms with Gasteiger partial charge in [-0.25, -0.2) is 18.4 Å². The van der Waals surface area contributed by atoms with Crippen LogP contribution < -0.4 is 5.32 Å².